The van der Waals surface area contributed by atoms with Crippen molar-refractivity contribution in [3.05, 3.63) is 41.3 Å². The van der Waals surface area contributed by atoms with E-state index in [2.05, 4.69) is 47.7 Å². The third kappa shape index (κ3) is 1.49. The van der Waals surface area contributed by atoms with E-state index in [9.17, 15) is 0 Å². The fourth-order valence-electron chi connectivity index (χ4n) is 3.47. The number of benzene rings is 1. The second-order valence-electron chi connectivity index (χ2n) is 5.51. The molecule has 2 bridgehead atoms. The van der Waals surface area contributed by atoms with Gasteiger partial charge < -0.3 is 0 Å². The van der Waals surface area contributed by atoms with Crippen LogP contribution in [0, 0.1) is 0 Å². The minimum atomic E-state index is 0.678. The molecular formula is C16H17NS. The lowest BCUT2D eigenvalue weighted by atomic mass is 9.95. The highest BCUT2D eigenvalue weighted by atomic mass is 32.1. The van der Waals surface area contributed by atoms with Gasteiger partial charge in [0.1, 0.15) is 0 Å². The van der Waals surface area contributed by atoms with Gasteiger partial charge in [0.15, 0.2) is 0 Å². The predicted octanol–water partition coefficient (Wildman–Crippen LogP) is 4.15. The topological polar surface area (TPSA) is 3.24 Å². The summed E-state index contributed by atoms with van der Waals surface area (Å²) < 4.78 is 1.42. The van der Waals surface area contributed by atoms with Crippen LogP contribution in [0.4, 0.5) is 0 Å². The maximum atomic E-state index is 2.55. The van der Waals surface area contributed by atoms with E-state index >= 15 is 0 Å². The van der Waals surface area contributed by atoms with Crippen molar-refractivity contribution in [3.8, 4) is 0 Å². The van der Waals surface area contributed by atoms with Crippen LogP contribution in [0.15, 0.2) is 35.7 Å². The Hall–Kier alpha value is -1.12. The van der Waals surface area contributed by atoms with Crippen LogP contribution in [-0.4, -0.2) is 24.0 Å². The van der Waals surface area contributed by atoms with Gasteiger partial charge in [0.05, 0.1) is 0 Å². The first kappa shape index (κ1) is 10.8. The minimum absolute atomic E-state index is 0.678. The molecule has 0 aliphatic carbocycles. The molecule has 1 unspecified atom stereocenters. The summed E-state index contributed by atoms with van der Waals surface area (Å²) in [4.78, 5) is 2.55. The van der Waals surface area contributed by atoms with E-state index in [-0.39, 0.29) is 0 Å². The molecule has 0 radical (unpaired) electrons. The Morgan fingerprint density at radius 2 is 2.11 bits per heavy atom. The molecule has 1 fully saturated rings. The van der Waals surface area contributed by atoms with Gasteiger partial charge in [-0.2, -0.15) is 0 Å². The van der Waals surface area contributed by atoms with Crippen LogP contribution >= 0.6 is 11.3 Å². The summed E-state index contributed by atoms with van der Waals surface area (Å²) in [5, 5.41) is 3.79. The van der Waals surface area contributed by atoms with E-state index in [1.54, 1.807) is 5.57 Å². The molecule has 1 nitrogen and oxygen atoms in total. The summed E-state index contributed by atoms with van der Waals surface area (Å²) in [5.74, 6) is 0. The number of nitrogens with zero attached hydrogens (tertiary/aromatic N) is 1. The highest BCUT2D eigenvalue weighted by molar-refractivity contribution is 7.17. The second-order valence-corrected chi connectivity index (χ2v) is 6.42. The van der Waals surface area contributed by atoms with E-state index in [1.807, 2.05) is 11.3 Å². The number of likely N-dealkylation sites (N-methyl/N-ethyl adjacent to an activating group) is 1. The summed E-state index contributed by atoms with van der Waals surface area (Å²) in [7, 11) is 2.28. The molecule has 0 amide bonds. The monoisotopic (exact) mass is 255 g/mol. The molecule has 1 aromatic heterocycles. The molecular weight excluding hydrogens is 238 g/mol. The van der Waals surface area contributed by atoms with E-state index in [0.29, 0.717) is 6.04 Å². The quantitative estimate of drug-likeness (QED) is 0.740. The molecule has 0 saturated carbocycles. The molecule has 0 N–H and O–H groups in total. The van der Waals surface area contributed by atoms with Crippen LogP contribution in [0.5, 0.6) is 0 Å². The Morgan fingerprint density at radius 3 is 3.00 bits per heavy atom. The van der Waals surface area contributed by atoms with Crippen LogP contribution in [0.25, 0.3) is 15.7 Å². The van der Waals surface area contributed by atoms with Crippen molar-refractivity contribution in [1.82, 2.24) is 4.90 Å². The van der Waals surface area contributed by atoms with Crippen LogP contribution in [-0.2, 0) is 0 Å². The van der Waals surface area contributed by atoms with E-state index < -0.39 is 0 Å². The lowest BCUT2D eigenvalue weighted by molar-refractivity contribution is 0.264. The average molecular weight is 255 g/mol. The number of hydrogen-bond acceptors (Lipinski definition) is 2. The number of fused-ring (bicyclic) bond motifs is 3. The average Bonchev–Trinajstić information content (AvgIpc) is 2.88. The fraction of sp³-hybridized carbons (Fsp3) is 0.375. The normalized spacial score (nSPS) is 27.7. The summed E-state index contributed by atoms with van der Waals surface area (Å²) in [6, 6.07) is 10.2. The fourth-order valence-corrected chi connectivity index (χ4v) is 4.45. The predicted molar refractivity (Wildman–Crippen MR) is 79.0 cm³/mol. The smallest absolute Gasteiger partial charge is 0.0349 e. The molecule has 1 aromatic carbocycles. The van der Waals surface area contributed by atoms with Crippen molar-refractivity contribution in [3.63, 3.8) is 0 Å². The van der Waals surface area contributed by atoms with Crippen LogP contribution < -0.4 is 0 Å². The van der Waals surface area contributed by atoms with Gasteiger partial charge in [-0.25, -0.2) is 0 Å². The van der Waals surface area contributed by atoms with Gasteiger partial charge >= 0.3 is 0 Å². The number of thiophene rings is 1. The van der Waals surface area contributed by atoms with Crippen LogP contribution in [0.2, 0.25) is 0 Å². The maximum Gasteiger partial charge on any atom is 0.0349 e. The summed E-state index contributed by atoms with van der Waals surface area (Å²) in [5.41, 5.74) is 3.07. The van der Waals surface area contributed by atoms with Crippen LogP contribution in [0.1, 0.15) is 24.8 Å². The zero-order valence-electron chi connectivity index (χ0n) is 10.6. The number of hydrogen-bond donors (Lipinski definition) is 0. The zero-order chi connectivity index (χ0) is 12.1. The van der Waals surface area contributed by atoms with Crippen LogP contribution in [0.3, 0.4) is 0 Å². The van der Waals surface area contributed by atoms with E-state index in [0.717, 1.165) is 6.04 Å². The first-order valence-corrected chi connectivity index (χ1v) is 7.60. The van der Waals surface area contributed by atoms with Crippen molar-refractivity contribution in [2.24, 2.45) is 0 Å². The van der Waals surface area contributed by atoms with Crippen molar-refractivity contribution >= 4 is 27.0 Å². The lowest BCUT2D eigenvalue weighted by Gasteiger charge is -2.30. The Morgan fingerprint density at radius 1 is 1.22 bits per heavy atom. The lowest BCUT2D eigenvalue weighted by Crippen LogP contribution is -2.34. The molecule has 2 atom stereocenters. The first-order valence-electron chi connectivity index (χ1n) is 6.72. The van der Waals surface area contributed by atoms with E-state index in [4.69, 9.17) is 0 Å². The molecule has 3 heterocycles. The van der Waals surface area contributed by atoms with E-state index in [1.165, 1.54) is 34.9 Å². The Kier molecular flexibility index (Phi) is 2.36. The molecule has 92 valence electrons. The van der Waals surface area contributed by atoms with Gasteiger partial charge in [-0.15, -0.1) is 11.3 Å². The highest BCUT2D eigenvalue weighted by Gasteiger charge is 2.34. The van der Waals surface area contributed by atoms with Gasteiger partial charge in [0, 0.05) is 16.8 Å². The van der Waals surface area contributed by atoms with Crippen molar-refractivity contribution in [1.29, 1.82) is 0 Å². The SMILES string of the molecule is CN1C2C=C(c3csc4ccccc34)C[C@H]1CC2. The molecule has 2 aromatic rings. The maximum absolute atomic E-state index is 2.55. The second kappa shape index (κ2) is 3.94. The minimum Gasteiger partial charge on any atom is -0.297 e. The van der Waals surface area contributed by atoms with Crippen molar-refractivity contribution in [2.75, 3.05) is 7.05 Å². The Balaban J connectivity index is 1.82. The summed E-state index contributed by atoms with van der Waals surface area (Å²) in [6.45, 7) is 0. The summed E-state index contributed by atoms with van der Waals surface area (Å²) >= 11 is 1.88. The third-order valence-corrected chi connectivity index (χ3v) is 5.53. The molecule has 2 aliphatic rings. The van der Waals surface area contributed by atoms with Gasteiger partial charge in [-0.05, 0) is 54.3 Å². The molecule has 2 heteroatoms. The Labute approximate surface area is 112 Å². The molecule has 4 rings (SSSR count). The van der Waals surface area contributed by atoms with Gasteiger partial charge in [0.2, 0.25) is 0 Å². The standard InChI is InChI=1S/C16H17NS/c1-17-12-6-7-13(17)9-11(8-12)15-10-18-16-5-3-2-4-14(15)16/h2-5,8,10,12-13H,6-7,9H2,1H3/t12?,13-/m1/s1. The molecule has 18 heavy (non-hydrogen) atoms. The zero-order valence-corrected chi connectivity index (χ0v) is 11.4. The molecule has 1 saturated heterocycles. The Bertz CT molecular complexity index is 625. The van der Waals surface area contributed by atoms with Gasteiger partial charge in [0.25, 0.3) is 0 Å². The van der Waals surface area contributed by atoms with Gasteiger partial charge in [-0.1, -0.05) is 24.3 Å². The molecule has 2 aliphatic heterocycles. The third-order valence-electron chi connectivity index (χ3n) is 4.57. The summed E-state index contributed by atoms with van der Waals surface area (Å²) in [6.07, 6.45) is 6.45. The van der Waals surface area contributed by atoms with Crippen molar-refractivity contribution < 1.29 is 0 Å². The molecule has 0 spiro atoms. The highest BCUT2D eigenvalue weighted by Crippen LogP contribution is 2.40. The van der Waals surface area contributed by atoms with Crippen molar-refractivity contribution in [2.45, 2.75) is 31.3 Å². The first-order chi connectivity index (χ1) is 8.83. The number of rotatable bonds is 1. The largest absolute Gasteiger partial charge is 0.297 e. The van der Waals surface area contributed by atoms with Gasteiger partial charge in [-0.3, -0.25) is 4.90 Å².